The van der Waals surface area contributed by atoms with E-state index in [9.17, 15) is 4.79 Å². The number of anilines is 2. The summed E-state index contributed by atoms with van der Waals surface area (Å²) in [5.41, 5.74) is 2.09. The number of nitrogens with zero attached hydrogens (tertiary/aromatic N) is 3. The fourth-order valence-electron chi connectivity index (χ4n) is 3.01. The van der Waals surface area contributed by atoms with Crippen LogP contribution in [0.3, 0.4) is 0 Å². The highest BCUT2D eigenvalue weighted by molar-refractivity contribution is 5.90. The molecule has 1 aliphatic rings. The second-order valence-electron chi connectivity index (χ2n) is 6.05. The number of rotatable bonds is 5. The molecule has 1 fully saturated rings. The predicted molar refractivity (Wildman–Crippen MR) is 97.2 cm³/mol. The van der Waals surface area contributed by atoms with Crippen molar-refractivity contribution in [2.24, 2.45) is 0 Å². The minimum atomic E-state index is 0.0800. The molecule has 3 rings (SSSR count). The molecule has 1 aliphatic heterocycles. The van der Waals surface area contributed by atoms with Gasteiger partial charge in [-0.05, 0) is 37.2 Å². The van der Waals surface area contributed by atoms with Crippen LogP contribution >= 0.6 is 0 Å². The van der Waals surface area contributed by atoms with E-state index in [0.717, 1.165) is 44.8 Å². The van der Waals surface area contributed by atoms with Crippen LogP contribution in [0.25, 0.3) is 0 Å². The number of hydrogen-bond donors (Lipinski definition) is 1. The molecule has 2 aromatic rings. The van der Waals surface area contributed by atoms with Crippen molar-refractivity contribution in [1.29, 1.82) is 0 Å². The molecule has 0 saturated carbocycles. The Labute approximate surface area is 143 Å². The highest BCUT2D eigenvalue weighted by Crippen LogP contribution is 2.15. The van der Waals surface area contributed by atoms with Gasteiger partial charge >= 0.3 is 0 Å². The zero-order valence-electron chi connectivity index (χ0n) is 13.9. The normalized spacial score (nSPS) is 15.8. The molecule has 1 aromatic carbocycles. The lowest BCUT2D eigenvalue weighted by Gasteiger charge is -2.23. The van der Waals surface area contributed by atoms with Crippen molar-refractivity contribution in [2.75, 3.05) is 42.9 Å². The molecule has 126 valence electrons. The van der Waals surface area contributed by atoms with Gasteiger partial charge in [-0.25, -0.2) is 0 Å². The molecule has 1 aromatic heterocycles. The molecule has 0 atom stereocenters. The zero-order chi connectivity index (χ0) is 16.6. The summed E-state index contributed by atoms with van der Waals surface area (Å²) in [5.74, 6) is 0.0800. The minimum absolute atomic E-state index is 0.0800. The number of aromatic nitrogens is 1. The van der Waals surface area contributed by atoms with Gasteiger partial charge in [0.05, 0.1) is 0 Å². The maximum atomic E-state index is 12.1. The topological polar surface area (TPSA) is 48.5 Å². The highest BCUT2D eigenvalue weighted by atomic mass is 16.1. The van der Waals surface area contributed by atoms with E-state index in [4.69, 9.17) is 0 Å². The maximum absolute atomic E-state index is 12.1. The fourth-order valence-corrected chi connectivity index (χ4v) is 3.01. The molecule has 1 amide bonds. The lowest BCUT2D eigenvalue weighted by atomic mass is 10.3. The first kappa shape index (κ1) is 16.5. The van der Waals surface area contributed by atoms with Crippen molar-refractivity contribution < 1.29 is 4.79 Å². The Hall–Kier alpha value is -2.40. The van der Waals surface area contributed by atoms with Crippen LogP contribution in [0.1, 0.15) is 12.8 Å². The zero-order valence-corrected chi connectivity index (χ0v) is 13.9. The number of para-hydroxylation sites is 1. The average Bonchev–Trinajstić information content (AvgIpc) is 2.87. The average molecular weight is 324 g/mol. The van der Waals surface area contributed by atoms with Gasteiger partial charge in [0.1, 0.15) is 0 Å². The number of pyridine rings is 1. The number of benzene rings is 1. The monoisotopic (exact) mass is 324 g/mol. The van der Waals surface area contributed by atoms with Crippen LogP contribution in [0, 0.1) is 0 Å². The SMILES string of the molecule is O=C(CCN1CCCN(c2ccncc2)CC1)Nc1ccccc1. The van der Waals surface area contributed by atoms with E-state index in [-0.39, 0.29) is 5.91 Å². The van der Waals surface area contributed by atoms with Gasteiger partial charge in [-0.3, -0.25) is 9.78 Å². The molecule has 0 spiro atoms. The number of nitrogens with one attached hydrogen (secondary N) is 1. The third kappa shape index (κ3) is 4.80. The van der Waals surface area contributed by atoms with Crippen molar-refractivity contribution in [3.8, 4) is 0 Å². The molecule has 1 saturated heterocycles. The lowest BCUT2D eigenvalue weighted by Crippen LogP contribution is -2.32. The Balaban J connectivity index is 1.44. The van der Waals surface area contributed by atoms with Crippen molar-refractivity contribution in [3.05, 3.63) is 54.9 Å². The van der Waals surface area contributed by atoms with Crippen LogP contribution in [0.4, 0.5) is 11.4 Å². The fraction of sp³-hybridized carbons (Fsp3) is 0.368. The Morgan fingerprint density at radius 2 is 1.79 bits per heavy atom. The summed E-state index contributed by atoms with van der Waals surface area (Å²) in [4.78, 5) is 20.9. The number of amides is 1. The van der Waals surface area contributed by atoms with E-state index in [2.05, 4.69) is 32.2 Å². The molecule has 24 heavy (non-hydrogen) atoms. The Morgan fingerprint density at radius 1 is 1.00 bits per heavy atom. The third-order valence-electron chi connectivity index (χ3n) is 4.33. The van der Waals surface area contributed by atoms with Crippen molar-refractivity contribution in [2.45, 2.75) is 12.8 Å². The molecule has 5 nitrogen and oxygen atoms in total. The van der Waals surface area contributed by atoms with E-state index < -0.39 is 0 Å². The van der Waals surface area contributed by atoms with Crippen LogP contribution < -0.4 is 10.2 Å². The molecule has 0 unspecified atom stereocenters. The molecule has 0 radical (unpaired) electrons. The molecule has 5 heteroatoms. The molecular formula is C19H24N4O. The summed E-state index contributed by atoms with van der Waals surface area (Å²) in [7, 11) is 0. The summed E-state index contributed by atoms with van der Waals surface area (Å²) >= 11 is 0. The second kappa shape index (κ2) is 8.45. The van der Waals surface area contributed by atoms with Crippen LogP contribution in [0.2, 0.25) is 0 Å². The Kier molecular flexibility index (Phi) is 5.80. The van der Waals surface area contributed by atoms with Crippen molar-refractivity contribution in [1.82, 2.24) is 9.88 Å². The number of hydrogen-bond acceptors (Lipinski definition) is 4. The summed E-state index contributed by atoms with van der Waals surface area (Å²) < 4.78 is 0. The van der Waals surface area contributed by atoms with Gasteiger partial charge in [0.15, 0.2) is 0 Å². The molecule has 1 N–H and O–H groups in total. The van der Waals surface area contributed by atoms with Crippen LogP contribution in [-0.4, -0.2) is 48.5 Å². The summed E-state index contributed by atoms with van der Waals surface area (Å²) in [6.45, 7) is 4.88. The smallest absolute Gasteiger partial charge is 0.225 e. The standard InChI is InChI=1S/C19H24N4O/c24-19(21-17-5-2-1-3-6-17)9-14-22-12-4-13-23(16-15-22)18-7-10-20-11-8-18/h1-3,5-8,10-11H,4,9,12-16H2,(H,21,24). The second-order valence-corrected chi connectivity index (χ2v) is 6.05. The highest BCUT2D eigenvalue weighted by Gasteiger charge is 2.15. The minimum Gasteiger partial charge on any atom is -0.370 e. The Bertz CT molecular complexity index is 632. The van der Waals surface area contributed by atoms with Gasteiger partial charge in [0.25, 0.3) is 0 Å². The summed E-state index contributed by atoms with van der Waals surface area (Å²) in [6.07, 6.45) is 5.32. The van der Waals surface area contributed by atoms with E-state index in [0.29, 0.717) is 6.42 Å². The van der Waals surface area contributed by atoms with Gasteiger partial charge in [-0.2, -0.15) is 0 Å². The summed E-state index contributed by atoms with van der Waals surface area (Å²) in [6, 6.07) is 13.7. The van der Waals surface area contributed by atoms with E-state index in [1.54, 1.807) is 0 Å². The van der Waals surface area contributed by atoms with Crippen LogP contribution in [-0.2, 0) is 4.79 Å². The van der Waals surface area contributed by atoms with Crippen molar-refractivity contribution >= 4 is 17.3 Å². The number of carbonyl (C=O) groups is 1. The molecule has 2 heterocycles. The third-order valence-corrected chi connectivity index (χ3v) is 4.33. The number of carbonyl (C=O) groups excluding carboxylic acids is 1. The van der Waals surface area contributed by atoms with Gasteiger partial charge in [-0.1, -0.05) is 18.2 Å². The molecule has 0 aliphatic carbocycles. The lowest BCUT2D eigenvalue weighted by molar-refractivity contribution is -0.116. The van der Waals surface area contributed by atoms with Crippen LogP contribution in [0.5, 0.6) is 0 Å². The van der Waals surface area contributed by atoms with E-state index >= 15 is 0 Å². The van der Waals surface area contributed by atoms with Gasteiger partial charge in [-0.15, -0.1) is 0 Å². The quantitative estimate of drug-likeness (QED) is 0.918. The first-order valence-electron chi connectivity index (χ1n) is 8.53. The molecule has 0 bridgehead atoms. The van der Waals surface area contributed by atoms with Gasteiger partial charge < -0.3 is 15.1 Å². The maximum Gasteiger partial charge on any atom is 0.225 e. The predicted octanol–water partition coefficient (Wildman–Crippen LogP) is 2.62. The van der Waals surface area contributed by atoms with Gasteiger partial charge in [0, 0.05) is 56.4 Å². The van der Waals surface area contributed by atoms with Crippen LogP contribution in [0.15, 0.2) is 54.9 Å². The van der Waals surface area contributed by atoms with Crippen molar-refractivity contribution in [3.63, 3.8) is 0 Å². The first-order chi connectivity index (χ1) is 11.8. The summed E-state index contributed by atoms with van der Waals surface area (Å²) in [5, 5.41) is 2.95. The van der Waals surface area contributed by atoms with E-state index in [1.807, 2.05) is 42.7 Å². The largest absolute Gasteiger partial charge is 0.370 e. The van der Waals surface area contributed by atoms with Gasteiger partial charge in [0.2, 0.25) is 5.91 Å². The Morgan fingerprint density at radius 3 is 2.58 bits per heavy atom. The van der Waals surface area contributed by atoms with E-state index in [1.165, 1.54) is 5.69 Å². The molecular weight excluding hydrogens is 300 g/mol. The first-order valence-corrected chi connectivity index (χ1v) is 8.53.